The fraction of sp³-hybridized carbons (Fsp3) is 0. The van der Waals surface area contributed by atoms with Gasteiger partial charge in [-0.2, -0.15) is 5.26 Å². The van der Waals surface area contributed by atoms with Gasteiger partial charge in [0.2, 0.25) is 0 Å². The molecule has 4 nitrogen and oxygen atoms in total. The van der Waals surface area contributed by atoms with Crippen molar-refractivity contribution in [2.75, 3.05) is 0 Å². The Bertz CT molecular complexity index is 538. The lowest BCUT2D eigenvalue weighted by atomic mass is 10.3. The number of aromatic nitrogens is 3. The van der Waals surface area contributed by atoms with Crippen LogP contribution >= 0.6 is 23.4 Å². The van der Waals surface area contributed by atoms with Crippen molar-refractivity contribution in [2.45, 2.75) is 10.2 Å². The van der Waals surface area contributed by atoms with Crippen LogP contribution in [0.25, 0.3) is 0 Å². The van der Waals surface area contributed by atoms with E-state index in [4.69, 9.17) is 16.9 Å². The zero-order valence-corrected chi connectivity index (χ0v) is 9.53. The summed E-state index contributed by atoms with van der Waals surface area (Å²) in [7, 11) is 0. The molecule has 0 amide bonds. The first-order chi connectivity index (χ1) is 7.78. The molecule has 0 atom stereocenters. The Balaban J connectivity index is 2.29. The Morgan fingerprint density at radius 3 is 2.69 bits per heavy atom. The molecule has 2 aromatic heterocycles. The summed E-state index contributed by atoms with van der Waals surface area (Å²) in [6.07, 6.45) is 3.29. The average molecular weight is 249 g/mol. The lowest BCUT2D eigenvalue weighted by molar-refractivity contribution is 0.960. The molecule has 0 saturated heterocycles. The molecule has 0 saturated carbocycles. The molecule has 0 spiro atoms. The first-order valence-electron chi connectivity index (χ1n) is 4.30. The second-order valence-corrected chi connectivity index (χ2v) is 4.14. The van der Waals surface area contributed by atoms with E-state index in [-0.39, 0.29) is 5.15 Å². The van der Waals surface area contributed by atoms with Crippen molar-refractivity contribution in [3.05, 3.63) is 41.3 Å². The predicted molar refractivity (Wildman–Crippen MR) is 60.1 cm³/mol. The Labute approximate surface area is 101 Å². The molecule has 0 unspecified atom stereocenters. The highest BCUT2D eigenvalue weighted by Gasteiger charge is 2.04. The molecule has 0 N–H and O–H groups in total. The van der Waals surface area contributed by atoms with Gasteiger partial charge in [-0.1, -0.05) is 11.6 Å². The maximum atomic E-state index is 8.78. The summed E-state index contributed by atoms with van der Waals surface area (Å²) >= 11 is 7.04. The van der Waals surface area contributed by atoms with E-state index in [1.165, 1.54) is 17.8 Å². The SMILES string of the molecule is N#Cc1cc(Cl)nc(Sc2ncccn2)c1. The van der Waals surface area contributed by atoms with Crippen molar-refractivity contribution in [3.8, 4) is 6.07 Å². The van der Waals surface area contributed by atoms with Crippen molar-refractivity contribution >= 4 is 23.4 Å². The third-order valence-electron chi connectivity index (χ3n) is 1.64. The van der Waals surface area contributed by atoms with E-state index in [2.05, 4.69) is 15.0 Å². The summed E-state index contributed by atoms with van der Waals surface area (Å²) in [4.78, 5) is 12.2. The molecule has 6 heteroatoms. The highest BCUT2D eigenvalue weighted by Crippen LogP contribution is 2.24. The molecular weight excluding hydrogens is 244 g/mol. The lowest BCUT2D eigenvalue weighted by Crippen LogP contribution is -1.87. The highest BCUT2D eigenvalue weighted by molar-refractivity contribution is 7.99. The molecule has 0 radical (unpaired) electrons. The van der Waals surface area contributed by atoms with E-state index in [1.54, 1.807) is 24.5 Å². The van der Waals surface area contributed by atoms with E-state index < -0.39 is 0 Å². The summed E-state index contributed by atoms with van der Waals surface area (Å²) in [5.41, 5.74) is 0.471. The fourth-order valence-corrected chi connectivity index (χ4v) is 2.02. The minimum Gasteiger partial charge on any atom is -0.231 e. The maximum Gasteiger partial charge on any atom is 0.193 e. The van der Waals surface area contributed by atoms with E-state index in [1.807, 2.05) is 6.07 Å². The van der Waals surface area contributed by atoms with Gasteiger partial charge >= 0.3 is 0 Å². The molecule has 0 aliphatic heterocycles. The highest BCUT2D eigenvalue weighted by atomic mass is 35.5. The van der Waals surface area contributed by atoms with Gasteiger partial charge in [-0.25, -0.2) is 15.0 Å². The lowest BCUT2D eigenvalue weighted by Gasteiger charge is -1.99. The number of rotatable bonds is 2. The van der Waals surface area contributed by atoms with E-state index in [9.17, 15) is 0 Å². The van der Waals surface area contributed by atoms with Crippen molar-refractivity contribution in [2.24, 2.45) is 0 Å². The van der Waals surface area contributed by atoms with Gasteiger partial charge in [0.25, 0.3) is 0 Å². The van der Waals surface area contributed by atoms with E-state index >= 15 is 0 Å². The largest absolute Gasteiger partial charge is 0.231 e. The number of nitriles is 1. The topological polar surface area (TPSA) is 62.5 Å². The molecule has 0 aliphatic rings. The molecule has 0 fully saturated rings. The van der Waals surface area contributed by atoms with Crippen LogP contribution in [0.1, 0.15) is 5.56 Å². The summed E-state index contributed by atoms with van der Waals surface area (Å²) in [5, 5.41) is 10.2. The van der Waals surface area contributed by atoms with Crippen LogP contribution in [0.4, 0.5) is 0 Å². The Morgan fingerprint density at radius 2 is 2.00 bits per heavy atom. The van der Waals surface area contributed by atoms with Crippen LogP contribution in [0.2, 0.25) is 5.15 Å². The van der Waals surface area contributed by atoms with Gasteiger partial charge in [0.05, 0.1) is 11.6 Å². The minimum absolute atomic E-state index is 0.289. The third-order valence-corrected chi connectivity index (χ3v) is 2.64. The first-order valence-corrected chi connectivity index (χ1v) is 5.50. The third kappa shape index (κ3) is 2.69. The van der Waals surface area contributed by atoms with E-state index in [0.29, 0.717) is 15.7 Å². The van der Waals surface area contributed by atoms with E-state index in [0.717, 1.165) is 0 Å². The monoisotopic (exact) mass is 248 g/mol. The van der Waals surface area contributed by atoms with Crippen molar-refractivity contribution < 1.29 is 0 Å². The number of hydrogen-bond donors (Lipinski definition) is 0. The zero-order chi connectivity index (χ0) is 11.4. The molecule has 78 valence electrons. The summed E-state index contributed by atoms with van der Waals surface area (Å²) in [5.74, 6) is 0. The standard InChI is InChI=1S/C10H5ClN4S/c11-8-4-7(6-12)5-9(15-8)16-10-13-2-1-3-14-10/h1-5H. The summed E-state index contributed by atoms with van der Waals surface area (Å²) in [6, 6.07) is 6.90. The van der Waals surface area contributed by atoms with Gasteiger partial charge in [0.1, 0.15) is 10.2 Å². The molecule has 16 heavy (non-hydrogen) atoms. The zero-order valence-electron chi connectivity index (χ0n) is 7.96. The normalized spacial score (nSPS) is 9.75. The molecule has 0 bridgehead atoms. The van der Waals surface area contributed by atoms with Crippen molar-refractivity contribution in [1.29, 1.82) is 5.26 Å². The van der Waals surface area contributed by atoms with Crippen LogP contribution < -0.4 is 0 Å². The predicted octanol–water partition coefficient (Wildman–Crippen LogP) is 2.55. The van der Waals surface area contributed by atoms with Gasteiger partial charge in [-0.15, -0.1) is 0 Å². The Kier molecular flexibility index (Phi) is 3.34. The van der Waals surface area contributed by atoms with Crippen LogP contribution in [0.5, 0.6) is 0 Å². The molecule has 2 rings (SSSR count). The van der Waals surface area contributed by atoms with Crippen molar-refractivity contribution in [3.63, 3.8) is 0 Å². The Hall–Kier alpha value is -1.64. The number of nitrogens with zero attached hydrogens (tertiary/aromatic N) is 4. The molecular formula is C10H5ClN4S. The second-order valence-electron chi connectivity index (χ2n) is 2.76. The number of halogens is 1. The number of pyridine rings is 1. The second kappa shape index (κ2) is 4.92. The molecule has 0 aromatic carbocycles. The van der Waals surface area contributed by atoms with Crippen molar-refractivity contribution in [1.82, 2.24) is 15.0 Å². The Morgan fingerprint density at radius 1 is 1.25 bits per heavy atom. The summed E-state index contributed by atoms with van der Waals surface area (Å²) < 4.78 is 0. The van der Waals surface area contributed by atoms with Crippen LogP contribution in [-0.2, 0) is 0 Å². The fourth-order valence-electron chi connectivity index (χ4n) is 1.02. The van der Waals surface area contributed by atoms with Gasteiger partial charge in [0, 0.05) is 12.4 Å². The van der Waals surface area contributed by atoms with Crippen LogP contribution in [-0.4, -0.2) is 15.0 Å². The van der Waals surface area contributed by atoms with Gasteiger partial charge in [-0.3, -0.25) is 0 Å². The van der Waals surface area contributed by atoms with Crippen LogP contribution in [0, 0.1) is 11.3 Å². The van der Waals surface area contributed by atoms with Crippen LogP contribution in [0.3, 0.4) is 0 Å². The van der Waals surface area contributed by atoms with Gasteiger partial charge in [-0.05, 0) is 30.0 Å². The van der Waals surface area contributed by atoms with Gasteiger partial charge in [0.15, 0.2) is 5.16 Å². The first kappa shape index (κ1) is 10.9. The van der Waals surface area contributed by atoms with Crippen LogP contribution in [0.15, 0.2) is 40.8 Å². The van der Waals surface area contributed by atoms with Gasteiger partial charge < -0.3 is 0 Å². The average Bonchev–Trinajstić information content (AvgIpc) is 2.29. The quantitative estimate of drug-likeness (QED) is 0.604. The molecule has 2 heterocycles. The summed E-state index contributed by atoms with van der Waals surface area (Å²) in [6.45, 7) is 0. The molecule has 2 aromatic rings. The number of hydrogen-bond acceptors (Lipinski definition) is 5. The maximum absolute atomic E-state index is 8.78. The minimum atomic E-state index is 0.289. The smallest absolute Gasteiger partial charge is 0.193 e. The molecule has 0 aliphatic carbocycles.